The van der Waals surface area contributed by atoms with E-state index in [9.17, 15) is 18.0 Å². The minimum Gasteiger partial charge on any atom is -0.475 e. The van der Waals surface area contributed by atoms with Gasteiger partial charge in [0.2, 0.25) is 0 Å². The zero-order chi connectivity index (χ0) is 21.7. The highest BCUT2D eigenvalue weighted by molar-refractivity contribution is 5.91. The Kier molecular flexibility index (Phi) is 6.76. The van der Waals surface area contributed by atoms with Crippen LogP contribution in [0.25, 0.3) is 0 Å². The smallest absolute Gasteiger partial charge is 0.475 e. The van der Waals surface area contributed by atoms with E-state index in [0.717, 1.165) is 30.1 Å². The predicted molar refractivity (Wildman–Crippen MR) is 97.5 cm³/mol. The molecule has 2 aromatic rings. The summed E-state index contributed by atoms with van der Waals surface area (Å²) in [4.78, 5) is 27.4. The molecule has 10 heteroatoms. The molecule has 0 aromatic carbocycles. The molecule has 1 fully saturated rings. The molecule has 1 saturated carbocycles. The molecule has 0 spiro atoms. The summed E-state index contributed by atoms with van der Waals surface area (Å²) in [7, 11) is 0. The Balaban J connectivity index is 0.000000318. The first-order valence-electron chi connectivity index (χ1n) is 9.41. The molecule has 0 unspecified atom stereocenters. The Morgan fingerprint density at radius 2 is 2.03 bits per heavy atom. The molecular formula is C20H21F3N2O5. The molecule has 1 N–H and O–H groups in total. The van der Waals surface area contributed by atoms with Crippen LogP contribution in [-0.4, -0.2) is 46.2 Å². The number of furan rings is 1. The number of carbonyl (C=O) groups excluding carboxylic acids is 1. The molecule has 30 heavy (non-hydrogen) atoms. The number of rotatable bonds is 5. The van der Waals surface area contributed by atoms with Crippen LogP contribution in [0.15, 0.2) is 35.2 Å². The topological polar surface area (TPSA) is 92.9 Å². The number of fused-ring (bicyclic) bond motifs is 1. The molecular weight excluding hydrogens is 405 g/mol. The second-order valence-corrected chi connectivity index (χ2v) is 7.15. The largest absolute Gasteiger partial charge is 0.490 e. The van der Waals surface area contributed by atoms with E-state index in [-0.39, 0.29) is 5.91 Å². The Morgan fingerprint density at radius 3 is 2.63 bits per heavy atom. The van der Waals surface area contributed by atoms with Gasteiger partial charge in [0.05, 0.1) is 12.9 Å². The first-order chi connectivity index (χ1) is 14.3. The predicted octanol–water partition coefficient (Wildman–Crippen LogP) is 3.43. The van der Waals surface area contributed by atoms with Gasteiger partial charge in [-0.2, -0.15) is 13.2 Å². The summed E-state index contributed by atoms with van der Waals surface area (Å²) in [5, 5.41) is 7.12. The first kappa shape index (κ1) is 21.8. The summed E-state index contributed by atoms with van der Waals surface area (Å²) in [6.45, 7) is 2.76. The zero-order valence-corrected chi connectivity index (χ0v) is 16.0. The summed E-state index contributed by atoms with van der Waals surface area (Å²) >= 11 is 0. The molecule has 1 aliphatic heterocycles. The molecule has 2 aromatic heterocycles. The number of hydrogen-bond donors (Lipinski definition) is 1. The van der Waals surface area contributed by atoms with Gasteiger partial charge in [-0.15, -0.1) is 0 Å². The zero-order valence-electron chi connectivity index (χ0n) is 16.0. The number of carboxylic acid groups (broad SMARTS) is 1. The third-order valence-corrected chi connectivity index (χ3v) is 4.80. The van der Waals surface area contributed by atoms with Crippen LogP contribution in [0.1, 0.15) is 40.1 Å². The van der Waals surface area contributed by atoms with Gasteiger partial charge >= 0.3 is 12.1 Å². The van der Waals surface area contributed by atoms with Gasteiger partial charge in [-0.25, -0.2) is 4.79 Å². The van der Waals surface area contributed by atoms with Crippen molar-refractivity contribution in [3.63, 3.8) is 0 Å². The average molecular weight is 426 g/mol. The molecule has 0 bridgehead atoms. The molecule has 7 nitrogen and oxygen atoms in total. The number of pyridine rings is 1. The van der Waals surface area contributed by atoms with E-state index in [0.29, 0.717) is 25.5 Å². The van der Waals surface area contributed by atoms with E-state index in [4.69, 9.17) is 19.1 Å². The van der Waals surface area contributed by atoms with Crippen molar-refractivity contribution >= 4 is 11.9 Å². The summed E-state index contributed by atoms with van der Waals surface area (Å²) in [6.07, 6.45) is 3.65. The van der Waals surface area contributed by atoms with Crippen LogP contribution in [0.4, 0.5) is 13.2 Å². The number of amides is 1. The fourth-order valence-corrected chi connectivity index (χ4v) is 3.04. The molecule has 1 aliphatic carbocycles. The van der Waals surface area contributed by atoms with Gasteiger partial charge < -0.3 is 19.2 Å². The second-order valence-electron chi connectivity index (χ2n) is 7.15. The van der Waals surface area contributed by atoms with Crippen LogP contribution < -0.4 is 0 Å². The van der Waals surface area contributed by atoms with E-state index in [1.54, 1.807) is 12.1 Å². The third kappa shape index (κ3) is 5.82. The van der Waals surface area contributed by atoms with Crippen LogP contribution in [0, 0.1) is 5.92 Å². The maximum atomic E-state index is 12.4. The Labute approximate surface area is 170 Å². The van der Waals surface area contributed by atoms with Gasteiger partial charge in [-0.3, -0.25) is 9.78 Å². The highest BCUT2D eigenvalue weighted by Gasteiger charge is 2.38. The van der Waals surface area contributed by atoms with Gasteiger partial charge in [0.1, 0.15) is 0 Å². The van der Waals surface area contributed by atoms with Crippen LogP contribution in [-0.2, 0) is 29.1 Å². The van der Waals surface area contributed by atoms with Crippen molar-refractivity contribution in [2.45, 2.75) is 38.6 Å². The van der Waals surface area contributed by atoms with Gasteiger partial charge in [0.15, 0.2) is 5.76 Å². The fraction of sp³-hybridized carbons (Fsp3) is 0.450. The number of ether oxygens (including phenoxy) is 1. The minimum absolute atomic E-state index is 0.0592. The van der Waals surface area contributed by atoms with Crippen molar-refractivity contribution in [2.24, 2.45) is 5.92 Å². The quantitative estimate of drug-likeness (QED) is 0.788. The second kappa shape index (κ2) is 9.29. The monoisotopic (exact) mass is 426 g/mol. The number of nitrogens with zero attached hydrogens (tertiary/aromatic N) is 2. The van der Waals surface area contributed by atoms with Gasteiger partial charge in [0, 0.05) is 32.1 Å². The Morgan fingerprint density at radius 1 is 1.30 bits per heavy atom. The molecule has 0 atom stereocenters. The number of aromatic nitrogens is 1. The third-order valence-electron chi connectivity index (χ3n) is 4.80. The molecule has 162 valence electrons. The van der Waals surface area contributed by atoms with Crippen molar-refractivity contribution in [1.29, 1.82) is 0 Å². The van der Waals surface area contributed by atoms with Gasteiger partial charge in [-0.1, -0.05) is 0 Å². The first-order valence-corrected chi connectivity index (χ1v) is 9.41. The lowest BCUT2D eigenvalue weighted by Crippen LogP contribution is -2.36. The van der Waals surface area contributed by atoms with Crippen LogP contribution in [0.5, 0.6) is 0 Å². The number of alkyl halides is 3. The van der Waals surface area contributed by atoms with Crippen molar-refractivity contribution in [2.75, 3.05) is 13.2 Å². The van der Waals surface area contributed by atoms with E-state index in [2.05, 4.69) is 4.98 Å². The van der Waals surface area contributed by atoms with Crippen molar-refractivity contribution in [3.05, 3.63) is 53.2 Å². The highest BCUT2D eigenvalue weighted by Crippen LogP contribution is 2.29. The minimum atomic E-state index is -5.08. The van der Waals surface area contributed by atoms with Crippen molar-refractivity contribution < 1.29 is 37.0 Å². The lowest BCUT2D eigenvalue weighted by Gasteiger charge is -2.29. The van der Waals surface area contributed by atoms with Crippen LogP contribution >= 0.6 is 0 Å². The number of carboxylic acids is 1. The van der Waals surface area contributed by atoms with E-state index >= 15 is 0 Å². The number of aliphatic carboxylic acids is 1. The summed E-state index contributed by atoms with van der Waals surface area (Å²) < 4.78 is 42.8. The number of halogens is 3. The average Bonchev–Trinajstić information content (AvgIpc) is 3.37. The van der Waals surface area contributed by atoms with Crippen LogP contribution in [0.2, 0.25) is 0 Å². The molecule has 1 amide bonds. The summed E-state index contributed by atoms with van der Waals surface area (Å²) in [5.41, 5.74) is 3.57. The lowest BCUT2D eigenvalue weighted by molar-refractivity contribution is -0.192. The highest BCUT2D eigenvalue weighted by atomic mass is 19.4. The Bertz CT molecular complexity index is 879. The van der Waals surface area contributed by atoms with E-state index < -0.39 is 12.1 Å². The van der Waals surface area contributed by atoms with Gasteiger partial charge in [-0.05, 0) is 54.0 Å². The normalized spacial score (nSPS) is 15.8. The molecule has 3 heterocycles. The lowest BCUT2D eigenvalue weighted by atomic mass is 9.97. The Hall–Kier alpha value is -2.88. The molecule has 0 radical (unpaired) electrons. The van der Waals surface area contributed by atoms with Crippen molar-refractivity contribution in [3.8, 4) is 0 Å². The number of carbonyl (C=O) groups is 2. The maximum absolute atomic E-state index is 12.4. The van der Waals surface area contributed by atoms with E-state index in [1.807, 2.05) is 17.3 Å². The fourth-order valence-electron chi connectivity index (χ4n) is 3.04. The maximum Gasteiger partial charge on any atom is 0.490 e. The molecule has 2 aliphatic rings. The molecule has 4 rings (SSSR count). The van der Waals surface area contributed by atoms with Crippen molar-refractivity contribution in [1.82, 2.24) is 9.88 Å². The summed E-state index contributed by atoms with van der Waals surface area (Å²) in [5.74, 6) is -1.65. The summed E-state index contributed by atoms with van der Waals surface area (Å²) in [6, 6.07) is 3.44. The molecule has 0 saturated heterocycles. The van der Waals surface area contributed by atoms with E-state index in [1.165, 1.54) is 24.7 Å². The number of hydrogen-bond acceptors (Lipinski definition) is 5. The van der Waals surface area contributed by atoms with Gasteiger partial charge in [0.25, 0.3) is 5.91 Å². The SMILES string of the molecule is O=C(O)C(F)(F)F.O=C(c1ccco1)N1CCc2c(COCC3CC3)cncc2C1. The standard InChI is InChI=1S/C18H20N2O3.C2HF3O2/c21-18(17-2-1-7-23-17)20-6-5-16-14(10-20)8-19-9-15(16)12-22-11-13-3-4-13;3-2(4,5)1(6)7/h1-2,7-9,13H,3-6,10-12H2;(H,6,7). The van der Waals surface area contributed by atoms with Crippen LogP contribution in [0.3, 0.4) is 0 Å².